The standard InChI is InChI=1S/C17H18Cl2N2O4S/c1-25-16-6-4-3-5-15(16)21(26(2,23)24)11-17(22)20-10-12-7-8-13(18)9-14(12)19/h3-9H,10-11H2,1-2H3,(H,20,22). The highest BCUT2D eigenvalue weighted by molar-refractivity contribution is 7.92. The predicted molar refractivity (Wildman–Crippen MR) is 103 cm³/mol. The van der Waals surface area contributed by atoms with Gasteiger partial charge in [-0.3, -0.25) is 9.10 Å². The average Bonchev–Trinajstić information content (AvgIpc) is 2.58. The van der Waals surface area contributed by atoms with Gasteiger partial charge in [0.15, 0.2) is 0 Å². The number of nitrogens with one attached hydrogen (secondary N) is 1. The predicted octanol–water partition coefficient (Wildman–Crippen LogP) is 3.08. The van der Waals surface area contributed by atoms with E-state index in [-0.39, 0.29) is 18.8 Å². The van der Waals surface area contributed by atoms with Crippen molar-refractivity contribution in [2.45, 2.75) is 6.54 Å². The molecule has 140 valence electrons. The molecule has 2 rings (SSSR count). The van der Waals surface area contributed by atoms with Crippen molar-refractivity contribution in [1.82, 2.24) is 5.32 Å². The maximum Gasteiger partial charge on any atom is 0.241 e. The van der Waals surface area contributed by atoms with Crippen LogP contribution >= 0.6 is 23.2 Å². The minimum Gasteiger partial charge on any atom is -0.495 e. The molecule has 0 heterocycles. The van der Waals surface area contributed by atoms with Crippen molar-refractivity contribution in [3.63, 3.8) is 0 Å². The first-order valence-electron chi connectivity index (χ1n) is 7.53. The van der Waals surface area contributed by atoms with E-state index in [0.29, 0.717) is 21.4 Å². The lowest BCUT2D eigenvalue weighted by Crippen LogP contribution is -2.40. The summed E-state index contributed by atoms with van der Waals surface area (Å²) < 4.78 is 30.5. The topological polar surface area (TPSA) is 75.7 Å². The third-order valence-corrected chi connectivity index (χ3v) is 5.25. The van der Waals surface area contributed by atoms with Gasteiger partial charge in [-0.1, -0.05) is 41.4 Å². The van der Waals surface area contributed by atoms with Crippen LogP contribution in [0.15, 0.2) is 42.5 Å². The van der Waals surface area contributed by atoms with Crippen LogP contribution in [0.4, 0.5) is 5.69 Å². The molecule has 0 aromatic heterocycles. The summed E-state index contributed by atoms with van der Waals surface area (Å²) in [5.74, 6) is -0.126. The smallest absolute Gasteiger partial charge is 0.241 e. The summed E-state index contributed by atoms with van der Waals surface area (Å²) in [5.41, 5.74) is 0.963. The van der Waals surface area contributed by atoms with Gasteiger partial charge in [0, 0.05) is 16.6 Å². The second kappa shape index (κ2) is 8.62. The Bertz CT molecular complexity index is 903. The van der Waals surface area contributed by atoms with Gasteiger partial charge in [-0.05, 0) is 29.8 Å². The molecule has 1 amide bonds. The number of amides is 1. The van der Waals surface area contributed by atoms with Crippen LogP contribution in [0.2, 0.25) is 10.0 Å². The fraction of sp³-hybridized carbons (Fsp3) is 0.235. The zero-order chi connectivity index (χ0) is 19.3. The normalized spacial score (nSPS) is 11.1. The van der Waals surface area contributed by atoms with Gasteiger partial charge in [-0.2, -0.15) is 0 Å². The third-order valence-electron chi connectivity index (χ3n) is 3.53. The molecule has 0 aliphatic rings. The van der Waals surface area contributed by atoms with Crippen LogP contribution in [-0.2, 0) is 21.4 Å². The lowest BCUT2D eigenvalue weighted by Gasteiger charge is -2.23. The van der Waals surface area contributed by atoms with Crippen LogP contribution in [0.1, 0.15) is 5.56 Å². The number of para-hydroxylation sites is 2. The van der Waals surface area contributed by atoms with Crippen molar-refractivity contribution in [2.24, 2.45) is 0 Å². The fourth-order valence-corrected chi connectivity index (χ4v) is 3.60. The lowest BCUT2D eigenvalue weighted by atomic mass is 10.2. The van der Waals surface area contributed by atoms with E-state index in [1.54, 1.807) is 42.5 Å². The van der Waals surface area contributed by atoms with Crippen LogP contribution in [0.5, 0.6) is 5.75 Å². The largest absolute Gasteiger partial charge is 0.495 e. The van der Waals surface area contributed by atoms with Crippen molar-refractivity contribution in [3.8, 4) is 5.75 Å². The molecule has 0 aliphatic carbocycles. The molecular weight excluding hydrogens is 399 g/mol. The molecule has 2 aromatic rings. The highest BCUT2D eigenvalue weighted by Gasteiger charge is 2.23. The molecule has 0 bridgehead atoms. The minimum atomic E-state index is -3.69. The molecule has 0 aliphatic heterocycles. The Balaban J connectivity index is 2.15. The van der Waals surface area contributed by atoms with Gasteiger partial charge in [-0.25, -0.2) is 8.42 Å². The highest BCUT2D eigenvalue weighted by atomic mass is 35.5. The Morgan fingerprint density at radius 3 is 2.50 bits per heavy atom. The van der Waals surface area contributed by atoms with Gasteiger partial charge in [0.05, 0.1) is 19.1 Å². The number of hydrogen-bond acceptors (Lipinski definition) is 4. The maximum absolute atomic E-state index is 12.3. The molecule has 0 radical (unpaired) electrons. The second-order valence-electron chi connectivity index (χ2n) is 5.45. The summed E-state index contributed by atoms with van der Waals surface area (Å²) in [4.78, 5) is 12.3. The lowest BCUT2D eigenvalue weighted by molar-refractivity contribution is -0.119. The van der Waals surface area contributed by atoms with Crippen molar-refractivity contribution < 1.29 is 17.9 Å². The Hall–Kier alpha value is -1.96. The Morgan fingerprint density at radius 2 is 1.88 bits per heavy atom. The Kier molecular flexibility index (Phi) is 6.75. The van der Waals surface area contributed by atoms with Gasteiger partial charge in [0.25, 0.3) is 0 Å². The van der Waals surface area contributed by atoms with Gasteiger partial charge >= 0.3 is 0 Å². The summed E-state index contributed by atoms with van der Waals surface area (Å²) >= 11 is 11.9. The number of carbonyl (C=O) groups is 1. The number of ether oxygens (including phenoxy) is 1. The van der Waals surface area contributed by atoms with Crippen molar-refractivity contribution in [1.29, 1.82) is 0 Å². The van der Waals surface area contributed by atoms with E-state index in [0.717, 1.165) is 10.6 Å². The van der Waals surface area contributed by atoms with E-state index in [9.17, 15) is 13.2 Å². The van der Waals surface area contributed by atoms with Gasteiger partial charge in [0.1, 0.15) is 12.3 Å². The summed E-state index contributed by atoms with van der Waals surface area (Å²) in [5, 5.41) is 3.56. The first-order chi connectivity index (χ1) is 12.2. The van der Waals surface area contributed by atoms with Crippen LogP contribution in [-0.4, -0.2) is 34.2 Å². The van der Waals surface area contributed by atoms with Crippen molar-refractivity contribution in [3.05, 3.63) is 58.1 Å². The quantitative estimate of drug-likeness (QED) is 0.752. The zero-order valence-corrected chi connectivity index (χ0v) is 16.5. The molecule has 1 N–H and O–H groups in total. The van der Waals surface area contributed by atoms with Crippen molar-refractivity contribution in [2.75, 3.05) is 24.2 Å². The number of benzene rings is 2. The fourth-order valence-electron chi connectivity index (χ4n) is 2.26. The highest BCUT2D eigenvalue weighted by Crippen LogP contribution is 2.29. The molecule has 0 spiro atoms. The van der Waals surface area contributed by atoms with E-state index < -0.39 is 15.9 Å². The number of anilines is 1. The summed E-state index contributed by atoms with van der Waals surface area (Å²) in [6, 6.07) is 11.5. The molecule has 0 unspecified atom stereocenters. The zero-order valence-electron chi connectivity index (χ0n) is 14.2. The van der Waals surface area contributed by atoms with E-state index in [1.165, 1.54) is 7.11 Å². The summed E-state index contributed by atoms with van der Waals surface area (Å²) in [6.07, 6.45) is 1.03. The molecule has 0 atom stereocenters. The van der Waals surface area contributed by atoms with Crippen LogP contribution in [0, 0.1) is 0 Å². The first kappa shape index (κ1) is 20.4. The molecule has 26 heavy (non-hydrogen) atoms. The van der Waals surface area contributed by atoms with Gasteiger partial charge in [-0.15, -0.1) is 0 Å². The molecule has 9 heteroatoms. The number of methoxy groups -OCH3 is 1. The number of carbonyl (C=O) groups excluding carboxylic acids is 1. The number of rotatable bonds is 7. The Morgan fingerprint density at radius 1 is 1.19 bits per heavy atom. The summed E-state index contributed by atoms with van der Waals surface area (Å²) in [7, 11) is -2.26. The third kappa shape index (κ3) is 5.27. The molecular formula is C17H18Cl2N2O4S. The number of sulfonamides is 1. The molecule has 6 nitrogen and oxygen atoms in total. The monoisotopic (exact) mass is 416 g/mol. The van der Waals surface area contributed by atoms with Crippen LogP contribution in [0.3, 0.4) is 0 Å². The molecule has 0 saturated heterocycles. The number of hydrogen-bond donors (Lipinski definition) is 1. The second-order valence-corrected chi connectivity index (χ2v) is 8.20. The van der Waals surface area contributed by atoms with Crippen LogP contribution in [0.25, 0.3) is 0 Å². The summed E-state index contributed by atoms with van der Waals surface area (Å²) in [6.45, 7) is -0.233. The minimum absolute atomic E-state index is 0.151. The molecule has 0 saturated carbocycles. The average molecular weight is 417 g/mol. The Labute approximate surface area is 162 Å². The number of halogens is 2. The van der Waals surface area contributed by atoms with Crippen molar-refractivity contribution >= 4 is 44.8 Å². The van der Waals surface area contributed by atoms with Gasteiger partial charge < -0.3 is 10.1 Å². The van der Waals surface area contributed by atoms with E-state index in [1.807, 2.05) is 0 Å². The SMILES string of the molecule is COc1ccccc1N(CC(=O)NCc1ccc(Cl)cc1Cl)S(C)(=O)=O. The van der Waals surface area contributed by atoms with Gasteiger partial charge in [0.2, 0.25) is 15.9 Å². The first-order valence-corrected chi connectivity index (χ1v) is 10.1. The number of nitrogens with zero attached hydrogens (tertiary/aromatic N) is 1. The van der Waals surface area contributed by atoms with Crippen LogP contribution < -0.4 is 14.4 Å². The molecule has 0 fully saturated rings. The van der Waals surface area contributed by atoms with E-state index in [2.05, 4.69) is 5.32 Å². The van der Waals surface area contributed by atoms with E-state index >= 15 is 0 Å². The molecule has 2 aromatic carbocycles. The van der Waals surface area contributed by atoms with E-state index in [4.69, 9.17) is 27.9 Å². The maximum atomic E-state index is 12.3.